The Morgan fingerprint density at radius 1 is 0.975 bits per heavy atom. The summed E-state index contributed by atoms with van der Waals surface area (Å²) in [4.78, 5) is 29.3. The smallest absolute Gasteiger partial charge is 0.244 e. The van der Waals surface area contributed by atoms with Gasteiger partial charge in [-0.3, -0.25) is 13.9 Å². The molecule has 10 heteroatoms. The highest BCUT2D eigenvalue weighted by Gasteiger charge is 2.34. The third kappa shape index (κ3) is 8.14. The van der Waals surface area contributed by atoms with Crippen molar-refractivity contribution in [1.82, 2.24) is 10.2 Å². The summed E-state index contributed by atoms with van der Waals surface area (Å²) in [7, 11) is -3.85. The summed E-state index contributed by atoms with van der Waals surface area (Å²) in [5.74, 6) is -1.25. The maximum Gasteiger partial charge on any atom is 0.244 e. The lowest BCUT2D eigenvalue weighted by Gasteiger charge is -2.34. The van der Waals surface area contributed by atoms with Crippen molar-refractivity contribution >= 4 is 43.5 Å². The van der Waals surface area contributed by atoms with Gasteiger partial charge in [0.1, 0.15) is 18.4 Å². The summed E-state index contributed by atoms with van der Waals surface area (Å²) in [6.07, 6.45) is 5.09. The van der Waals surface area contributed by atoms with Crippen molar-refractivity contribution < 1.29 is 22.4 Å². The maximum absolute atomic E-state index is 14.1. The molecular formula is C30H33BrFN3O4S. The molecule has 0 saturated heterocycles. The van der Waals surface area contributed by atoms with Gasteiger partial charge in [-0.15, -0.1) is 0 Å². The Morgan fingerprint density at radius 2 is 1.65 bits per heavy atom. The quantitative estimate of drug-likeness (QED) is 0.321. The van der Waals surface area contributed by atoms with E-state index in [1.807, 2.05) is 30.3 Å². The minimum Gasteiger partial charge on any atom is -0.352 e. The lowest BCUT2D eigenvalue weighted by Crippen LogP contribution is -2.54. The molecule has 4 rings (SSSR count). The third-order valence-corrected chi connectivity index (χ3v) is 8.65. The molecule has 1 atom stereocenters. The summed E-state index contributed by atoms with van der Waals surface area (Å²) in [5, 5.41) is 3.12. The van der Waals surface area contributed by atoms with Crippen LogP contribution in [0.2, 0.25) is 0 Å². The van der Waals surface area contributed by atoms with Gasteiger partial charge < -0.3 is 10.2 Å². The van der Waals surface area contributed by atoms with E-state index in [9.17, 15) is 22.4 Å². The molecule has 1 aliphatic rings. The molecule has 212 valence electrons. The number of amides is 2. The van der Waals surface area contributed by atoms with Crippen LogP contribution in [0.25, 0.3) is 0 Å². The molecule has 0 radical (unpaired) electrons. The zero-order valence-electron chi connectivity index (χ0n) is 22.3. The molecule has 2 amide bonds. The molecule has 3 aromatic carbocycles. The minimum absolute atomic E-state index is 0.00475. The molecule has 0 heterocycles. The van der Waals surface area contributed by atoms with Crippen LogP contribution in [0.15, 0.2) is 83.3 Å². The van der Waals surface area contributed by atoms with Crippen LogP contribution in [-0.4, -0.2) is 50.0 Å². The number of halogens is 2. The van der Waals surface area contributed by atoms with Gasteiger partial charge in [0.25, 0.3) is 0 Å². The van der Waals surface area contributed by atoms with Gasteiger partial charge in [-0.25, -0.2) is 12.8 Å². The van der Waals surface area contributed by atoms with E-state index in [1.165, 1.54) is 17.0 Å². The molecule has 0 aliphatic heterocycles. The fourth-order valence-electron chi connectivity index (χ4n) is 4.95. The summed E-state index contributed by atoms with van der Waals surface area (Å²) in [6, 6.07) is 20.9. The highest BCUT2D eigenvalue weighted by Crippen LogP contribution is 2.24. The number of benzene rings is 3. The van der Waals surface area contributed by atoms with Crippen molar-refractivity contribution in [2.45, 2.75) is 50.7 Å². The largest absolute Gasteiger partial charge is 0.352 e. The number of hydrogen-bond acceptors (Lipinski definition) is 4. The Balaban J connectivity index is 1.72. The van der Waals surface area contributed by atoms with Gasteiger partial charge in [-0.05, 0) is 54.3 Å². The standard InChI is InChI=1S/C30H33BrFN3O4S/c1-40(38,39)35(27-13-7-10-24(31)19-27)21-29(36)34(20-23-14-16-25(32)17-15-23)28(18-22-8-3-2-4-9-22)30(37)33-26-11-5-6-12-26/h2-4,7-10,13-17,19,26,28H,5-6,11-12,18,20-21H2,1H3,(H,33,37)/t28-/m1/s1. The predicted octanol–water partition coefficient (Wildman–Crippen LogP) is 5.05. The van der Waals surface area contributed by atoms with Crippen molar-refractivity contribution in [1.29, 1.82) is 0 Å². The summed E-state index contributed by atoms with van der Waals surface area (Å²) < 4.78 is 41.1. The minimum atomic E-state index is -3.85. The Kier molecular flexibility index (Phi) is 9.97. The van der Waals surface area contributed by atoms with Crippen molar-refractivity contribution in [3.63, 3.8) is 0 Å². The first-order valence-electron chi connectivity index (χ1n) is 13.2. The number of rotatable bonds is 11. The van der Waals surface area contributed by atoms with Crippen molar-refractivity contribution in [2.24, 2.45) is 0 Å². The molecular weight excluding hydrogens is 597 g/mol. The molecule has 1 N–H and O–H groups in total. The van der Waals surface area contributed by atoms with Gasteiger partial charge in [0.05, 0.1) is 11.9 Å². The summed E-state index contributed by atoms with van der Waals surface area (Å²) in [5.41, 5.74) is 1.80. The highest BCUT2D eigenvalue weighted by atomic mass is 79.9. The first kappa shape index (κ1) is 29.7. The monoisotopic (exact) mass is 629 g/mol. The number of carbonyl (C=O) groups excluding carboxylic acids is 2. The molecule has 3 aromatic rings. The van der Waals surface area contributed by atoms with Crippen molar-refractivity contribution in [2.75, 3.05) is 17.1 Å². The van der Waals surface area contributed by atoms with Gasteiger partial charge >= 0.3 is 0 Å². The number of nitrogens with one attached hydrogen (secondary N) is 1. The van der Waals surface area contributed by atoms with E-state index >= 15 is 0 Å². The lowest BCUT2D eigenvalue weighted by atomic mass is 10.0. The number of sulfonamides is 1. The SMILES string of the molecule is CS(=O)(=O)N(CC(=O)N(Cc1ccc(F)cc1)[C@H](Cc1ccccc1)C(=O)NC1CCCC1)c1cccc(Br)c1. The second kappa shape index (κ2) is 13.4. The maximum atomic E-state index is 14.1. The molecule has 0 spiro atoms. The van der Waals surface area contributed by atoms with Crippen LogP contribution < -0.4 is 9.62 Å². The first-order valence-corrected chi connectivity index (χ1v) is 15.9. The van der Waals surface area contributed by atoms with E-state index in [0.717, 1.165) is 41.8 Å². The average Bonchev–Trinajstić information content (AvgIpc) is 3.43. The van der Waals surface area contributed by atoms with Crippen LogP contribution in [0.4, 0.5) is 10.1 Å². The normalized spacial score (nSPS) is 14.5. The van der Waals surface area contributed by atoms with Gasteiger partial charge in [0.15, 0.2) is 0 Å². The Morgan fingerprint density at radius 3 is 2.27 bits per heavy atom. The highest BCUT2D eigenvalue weighted by molar-refractivity contribution is 9.10. The Labute approximate surface area is 243 Å². The van der Waals surface area contributed by atoms with E-state index in [0.29, 0.717) is 15.7 Å². The summed E-state index contributed by atoms with van der Waals surface area (Å²) >= 11 is 3.36. The van der Waals surface area contributed by atoms with E-state index in [2.05, 4.69) is 21.2 Å². The second-order valence-electron chi connectivity index (χ2n) is 10.1. The molecule has 1 fully saturated rings. The van der Waals surface area contributed by atoms with Gasteiger partial charge in [0, 0.05) is 23.5 Å². The van der Waals surface area contributed by atoms with Gasteiger partial charge in [0.2, 0.25) is 21.8 Å². The van der Waals surface area contributed by atoms with Crippen LogP contribution in [-0.2, 0) is 32.6 Å². The van der Waals surface area contributed by atoms with Crippen LogP contribution in [0.3, 0.4) is 0 Å². The average molecular weight is 631 g/mol. The zero-order valence-corrected chi connectivity index (χ0v) is 24.7. The van der Waals surface area contributed by atoms with Crippen LogP contribution in [0, 0.1) is 5.82 Å². The molecule has 1 aliphatic carbocycles. The van der Waals surface area contributed by atoms with E-state index in [4.69, 9.17) is 0 Å². The van der Waals surface area contributed by atoms with E-state index < -0.39 is 34.3 Å². The Hall–Kier alpha value is -3.24. The number of hydrogen-bond donors (Lipinski definition) is 1. The number of anilines is 1. The topological polar surface area (TPSA) is 86.8 Å². The fourth-order valence-corrected chi connectivity index (χ4v) is 6.18. The third-order valence-electron chi connectivity index (χ3n) is 7.01. The van der Waals surface area contributed by atoms with Crippen LogP contribution in [0.5, 0.6) is 0 Å². The zero-order chi connectivity index (χ0) is 28.7. The van der Waals surface area contributed by atoms with Crippen molar-refractivity contribution in [3.8, 4) is 0 Å². The molecule has 0 unspecified atom stereocenters. The Bertz CT molecular complexity index is 1410. The van der Waals surface area contributed by atoms with Gasteiger partial charge in [-0.1, -0.05) is 77.3 Å². The molecule has 1 saturated carbocycles. The lowest BCUT2D eigenvalue weighted by molar-refractivity contribution is -0.140. The van der Waals surface area contributed by atoms with Gasteiger partial charge in [-0.2, -0.15) is 0 Å². The first-order chi connectivity index (χ1) is 19.1. The molecule has 40 heavy (non-hydrogen) atoms. The van der Waals surface area contributed by atoms with Crippen molar-refractivity contribution in [3.05, 3.63) is 100 Å². The second-order valence-corrected chi connectivity index (χ2v) is 12.9. The van der Waals surface area contributed by atoms with Crippen LogP contribution >= 0.6 is 15.9 Å². The number of carbonyl (C=O) groups is 2. The fraction of sp³-hybridized carbons (Fsp3) is 0.333. The van der Waals surface area contributed by atoms with Crippen LogP contribution in [0.1, 0.15) is 36.8 Å². The predicted molar refractivity (Wildman–Crippen MR) is 158 cm³/mol. The summed E-state index contributed by atoms with van der Waals surface area (Å²) in [6.45, 7) is -0.497. The molecule has 0 bridgehead atoms. The van der Waals surface area contributed by atoms with E-state index in [-0.39, 0.29) is 24.9 Å². The van der Waals surface area contributed by atoms with E-state index in [1.54, 1.807) is 36.4 Å². The molecule has 7 nitrogen and oxygen atoms in total. The number of nitrogens with zero attached hydrogens (tertiary/aromatic N) is 2. The molecule has 0 aromatic heterocycles.